The van der Waals surface area contributed by atoms with Crippen LogP contribution in [0.1, 0.15) is 5.82 Å². The van der Waals surface area contributed by atoms with Crippen LogP contribution in [0.5, 0.6) is 0 Å². The Bertz CT molecular complexity index is 604. The van der Waals surface area contributed by atoms with Crippen LogP contribution in [0.15, 0.2) is 51.9 Å². The molecule has 0 N–H and O–H groups in total. The van der Waals surface area contributed by atoms with Crippen molar-refractivity contribution in [3.63, 3.8) is 0 Å². The van der Waals surface area contributed by atoms with Gasteiger partial charge in [-0.15, -0.1) is 0 Å². The molecule has 0 amide bonds. The molecule has 5 nitrogen and oxygen atoms in total. The Morgan fingerprint density at radius 3 is 3.00 bits per heavy atom. The fraction of sp³-hybridized carbons (Fsp3) is 0. The van der Waals surface area contributed by atoms with Crippen molar-refractivity contribution in [1.29, 1.82) is 0 Å². The van der Waals surface area contributed by atoms with Crippen molar-refractivity contribution in [1.82, 2.24) is 15.1 Å². The molecule has 2 aromatic rings. The third-order valence-corrected chi connectivity index (χ3v) is 2.29. The van der Waals surface area contributed by atoms with E-state index in [-0.39, 0.29) is 5.16 Å². The Morgan fingerprint density at radius 2 is 2.33 bits per heavy atom. The van der Waals surface area contributed by atoms with Crippen LogP contribution in [-0.4, -0.2) is 21.8 Å². The normalized spacial score (nSPS) is 11.3. The molecule has 0 radical (unpaired) electrons. The average Bonchev–Trinajstić information content (AvgIpc) is 2.89. The summed E-state index contributed by atoms with van der Waals surface area (Å²) in [6.07, 6.45) is 4.80. The summed E-state index contributed by atoms with van der Waals surface area (Å²) in [5.41, 5.74) is 1.23. The van der Waals surface area contributed by atoms with Gasteiger partial charge in [0.1, 0.15) is 5.16 Å². The molecule has 0 aliphatic carbocycles. The van der Waals surface area contributed by atoms with Crippen molar-refractivity contribution in [2.45, 2.75) is 0 Å². The van der Waals surface area contributed by atoms with Gasteiger partial charge in [0.2, 0.25) is 5.82 Å². The van der Waals surface area contributed by atoms with Gasteiger partial charge in [-0.05, 0) is 24.9 Å². The molecule has 0 saturated carbocycles. The van der Waals surface area contributed by atoms with E-state index in [2.05, 4.69) is 33.4 Å². The van der Waals surface area contributed by atoms with Crippen LogP contribution in [0.3, 0.4) is 0 Å². The first kappa shape index (κ1) is 12.2. The summed E-state index contributed by atoms with van der Waals surface area (Å²) in [4.78, 5) is 11.7. The largest absolute Gasteiger partial charge is 0.334 e. The second-order valence-electron chi connectivity index (χ2n) is 3.32. The minimum absolute atomic E-state index is 0.215. The topological polar surface area (TPSA) is 64.2 Å². The third-order valence-electron chi connectivity index (χ3n) is 2.07. The predicted octanol–water partition coefficient (Wildman–Crippen LogP) is 2.93. The van der Waals surface area contributed by atoms with E-state index in [9.17, 15) is 0 Å². The molecule has 6 heteroatoms. The molecule has 0 spiro atoms. The number of pyridine rings is 1. The molecule has 0 aliphatic heterocycles. The Morgan fingerprint density at radius 1 is 1.50 bits per heavy atom. The van der Waals surface area contributed by atoms with Gasteiger partial charge < -0.3 is 4.52 Å². The second-order valence-corrected chi connectivity index (χ2v) is 3.70. The molecule has 2 heterocycles. The summed E-state index contributed by atoms with van der Waals surface area (Å²) in [5.74, 6) is 0.714. The standard InChI is InChI=1S/C12H9ClN4O/c1-8(6-10(13)14-2)11-16-12(18-17-11)9-4-3-5-15-7-9/h3-7H,1-2H2/b10-6-. The summed E-state index contributed by atoms with van der Waals surface area (Å²) >= 11 is 5.71. The summed E-state index contributed by atoms with van der Waals surface area (Å²) in [7, 11) is 0. The van der Waals surface area contributed by atoms with Crippen molar-refractivity contribution in [3.05, 3.63) is 48.2 Å². The molecule has 18 heavy (non-hydrogen) atoms. The molecule has 0 aromatic carbocycles. The minimum Gasteiger partial charge on any atom is -0.334 e. The van der Waals surface area contributed by atoms with Gasteiger partial charge in [-0.1, -0.05) is 23.3 Å². The number of hydrogen-bond acceptors (Lipinski definition) is 5. The molecular weight excluding hydrogens is 252 g/mol. The lowest BCUT2D eigenvalue weighted by molar-refractivity contribution is 0.428. The van der Waals surface area contributed by atoms with Gasteiger partial charge in [0, 0.05) is 18.0 Å². The number of hydrogen-bond donors (Lipinski definition) is 0. The smallest absolute Gasteiger partial charge is 0.259 e. The number of allylic oxidation sites excluding steroid dienone is 2. The summed E-state index contributed by atoms with van der Waals surface area (Å²) in [5, 5.41) is 4.02. The molecule has 2 rings (SSSR count). The van der Waals surface area contributed by atoms with E-state index in [0.717, 1.165) is 5.56 Å². The highest BCUT2D eigenvalue weighted by Gasteiger charge is 2.10. The lowest BCUT2D eigenvalue weighted by Gasteiger charge is -1.91. The summed E-state index contributed by atoms with van der Waals surface area (Å²) < 4.78 is 5.11. The van der Waals surface area contributed by atoms with E-state index in [1.54, 1.807) is 18.5 Å². The molecular formula is C12H9ClN4O. The zero-order valence-corrected chi connectivity index (χ0v) is 10.1. The van der Waals surface area contributed by atoms with E-state index in [4.69, 9.17) is 16.1 Å². The van der Waals surface area contributed by atoms with E-state index in [0.29, 0.717) is 17.3 Å². The number of halogens is 1. The van der Waals surface area contributed by atoms with Crippen LogP contribution in [0.25, 0.3) is 17.0 Å². The highest BCUT2D eigenvalue weighted by atomic mass is 35.5. The molecule has 0 fully saturated rings. The van der Waals surface area contributed by atoms with Gasteiger partial charge in [0.25, 0.3) is 5.89 Å². The van der Waals surface area contributed by atoms with Crippen molar-refractivity contribution < 1.29 is 4.52 Å². The van der Waals surface area contributed by atoms with Crippen molar-refractivity contribution in [2.24, 2.45) is 4.99 Å². The Hall–Kier alpha value is -2.27. The van der Waals surface area contributed by atoms with Gasteiger partial charge in [0.15, 0.2) is 0 Å². The molecule has 0 saturated heterocycles. The van der Waals surface area contributed by atoms with E-state index in [1.165, 1.54) is 6.08 Å². The Labute approximate surface area is 109 Å². The number of aromatic nitrogens is 3. The molecule has 0 unspecified atom stereocenters. The van der Waals surface area contributed by atoms with Gasteiger partial charge in [0.05, 0.1) is 5.56 Å². The maximum Gasteiger partial charge on any atom is 0.259 e. The second kappa shape index (κ2) is 5.37. The lowest BCUT2D eigenvalue weighted by Crippen LogP contribution is -1.84. The van der Waals surface area contributed by atoms with Crippen molar-refractivity contribution in [2.75, 3.05) is 0 Å². The van der Waals surface area contributed by atoms with Gasteiger partial charge in [-0.25, -0.2) is 0 Å². The first-order valence-electron chi connectivity index (χ1n) is 4.98. The molecule has 0 bridgehead atoms. The highest BCUT2D eigenvalue weighted by Crippen LogP contribution is 2.20. The van der Waals surface area contributed by atoms with Gasteiger partial charge in [-0.3, -0.25) is 9.98 Å². The predicted molar refractivity (Wildman–Crippen MR) is 70.0 cm³/mol. The van der Waals surface area contributed by atoms with Crippen molar-refractivity contribution >= 4 is 23.9 Å². The first-order chi connectivity index (χ1) is 8.70. The van der Waals surface area contributed by atoms with Gasteiger partial charge in [-0.2, -0.15) is 4.98 Å². The first-order valence-corrected chi connectivity index (χ1v) is 5.36. The van der Waals surface area contributed by atoms with Crippen molar-refractivity contribution in [3.8, 4) is 11.5 Å². The van der Waals surface area contributed by atoms with E-state index in [1.807, 2.05) is 6.07 Å². The Balaban J connectivity index is 2.26. The van der Waals surface area contributed by atoms with Crippen LogP contribution in [-0.2, 0) is 0 Å². The Kier molecular flexibility index (Phi) is 3.64. The maximum atomic E-state index is 5.71. The van der Waals surface area contributed by atoms with Crippen LogP contribution >= 0.6 is 11.6 Å². The zero-order valence-electron chi connectivity index (χ0n) is 9.38. The average molecular weight is 261 g/mol. The zero-order chi connectivity index (χ0) is 13.0. The summed E-state index contributed by atoms with van der Waals surface area (Å²) in [6, 6.07) is 3.60. The monoisotopic (exact) mass is 260 g/mol. The summed E-state index contributed by atoms with van der Waals surface area (Å²) in [6.45, 7) is 7.07. The van der Waals surface area contributed by atoms with E-state index < -0.39 is 0 Å². The number of nitrogens with zero attached hydrogens (tertiary/aromatic N) is 4. The SMILES string of the molecule is C=N/C(Cl)=C\C(=C)c1noc(-c2cccnc2)n1. The molecule has 90 valence electrons. The highest BCUT2D eigenvalue weighted by molar-refractivity contribution is 6.30. The molecule has 0 atom stereocenters. The lowest BCUT2D eigenvalue weighted by atomic mass is 10.2. The van der Waals surface area contributed by atoms with Crippen LogP contribution in [0, 0.1) is 0 Å². The van der Waals surface area contributed by atoms with Gasteiger partial charge >= 0.3 is 0 Å². The molecule has 2 aromatic heterocycles. The van der Waals surface area contributed by atoms with Crippen LogP contribution in [0.2, 0.25) is 0 Å². The fourth-order valence-corrected chi connectivity index (χ4v) is 1.35. The fourth-order valence-electron chi connectivity index (χ4n) is 1.21. The van der Waals surface area contributed by atoms with Crippen LogP contribution in [0.4, 0.5) is 0 Å². The quantitative estimate of drug-likeness (QED) is 0.482. The van der Waals surface area contributed by atoms with E-state index >= 15 is 0 Å². The number of aliphatic imine (C=N–C) groups is 1. The minimum atomic E-state index is 0.215. The maximum absolute atomic E-state index is 5.71. The number of rotatable bonds is 4. The van der Waals surface area contributed by atoms with Crippen LogP contribution < -0.4 is 0 Å². The third kappa shape index (κ3) is 2.70. The molecule has 0 aliphatic rings.